The van der Waals surface area contributed by atoms with Gasteiger partial charge in [-0.3, -0.25) is 14.7 Å². The van der Waals surface area contributed by atoms with Gasteiger partial charge in [-0.05, 0) is 44.1 Å². The van der Waals surface area contributed by atoms with Gasteiger partial charge in [-0.15, -0.1) is 0 Å². The fourth-order valence-electron chi connectivity index (χ4n) is 6.25. The van der Waals surface area contributed by atoms with Crippen molar-refractivity contribution >= 4 is 5.91 Å². The number of nitrogens with zero attached hydrogens (tertiary/aromatic N) is 4. The number of likely N-dealkylation sites (tertiary alicyclic amines) is 1. The largest absolute Gasteiger partial charge is 0.396 e. The van der Waals surface area contributed by atoms with Crippen LogP contribution in [0, 0.1) is 5.41 Å². The Kier molecular flexibility index (Phi) is 5.29. The molecule has 3 aliphatic rings. The highest BCUT2D eigenvalue weighted by atomic mass is 16.3. The molecule has 5 rings (SSSR count). The topological polar surface area (TPSA) is 69.6 Å². The average Bonchev–Trinajstić information content (AvgIpc) is 3.36. The second-order valence-electron chi connectivity index (χ2n) is 9.20. The molecule has 2 aromatic rings. The highest BCUT2D eigenvalue weighted by Crippen LogP contribution is 2.53. The molecule has 4 heterocycles. The van der Waals surface area contributed by atoms with E-state index in [1.54, 1.807) is 18.6 Å². The number of aliphatic hydroxyl groups is 1. The van der Waals surface area contributed by atoms with Gasteiger partial charge in [0.15, 0.2) is 0 Å². The van der Waals surface area contributed by atoms with Gasteiger partial charge in [-0.25, -0.2) is 4.98 Å². The average molecular weight is 407 g/mol. The van der Waals surface area contributed by atoms with Crippen LogP contribution in [0.2, 0.25) is 0 Å². The Morgan fingerprint density at radius 2 is 1.87 bits per heavy atom. The van der Waals surface area contributed by atoms with E-state index in [2.05, 4.69) is 45.2 Å². The van der Waals surface area contributed by atoms with Crippen molar-refractivity contribution in [2.45, 2.75) is 56.7 Å². The Morgan fingerprint density at radius 1 is 1.07 bits per heavy atom. The summed E-state index contributed by atoms with van der Waals surface area (Å²) in [6.07, 6.45) is 11.1. The molecule has 6 heteroatoms. The summed E-state index contributed by atoms with van der Waals surface area (Å²) in [7, 11) is 0. The van der Waals surface area contributed by atoms with Crippen LogP contribution in [0.3, 0.4) is 0 Å². The lowest BCUT2D eigenvalue weighted by Crippen LogP contribution is -2.50. The highest BCUT2D eigenvalue weighted by Gasteiger charge is 2.57. The number of fused-ring (bicyclic) bond motifs is 2. The summed E-state index contributed by atoms with van der Waals surface area (Å²) in [5, 5.41) is 10.5. The first kappa shape index (κ1) is 19.6. The number of rotatable bonds is 5. The van der Waals surface area contributed by atoms with Gasteiger partial charge in [0.1, 0.15) is 5.69 Å². The molecule has 3 fully saturated rings. The Morgan fingerprint density at radius 3 is 2.57 bits per heavy atom. The maximum Gasteiger partial charge on any atom is 0.274 e. The maximum absolute atomic E-state index is 12.7. The molecule has 1 aromatic carbocycles. The van der Waals surface area contributed by atoms with E-state index in [-0.39, 0.29) is 17.9 Å². The molecule has 6 nitrogen and oxygen atoms in total. The number of piperidine rings is 1. The number of carbonyl (C=O) groups excluding carboxylic acids is 1. The van der Waals surface area contributed by atoms with Crippen molar-refractivity contribution in [2.75, 3.05) is 19.7 Å². The quantitative estimate of drug-likeness (QED) is 0.826. The summed E-state index contributed by atoms with van der Waals surface area (Å²) >= 11 is 0. The minimum absolute atomic E-state index is 0.0141. The van der Waals surface area contributed by atoms with Gasteiger partial charge in [-0.2, -0.15) is 0 Å². The minimum Gasteiger partial charge on any atom is -0.396 e. The van der Waals surface area contributed by atoms with E-state index in [9.17, 15) is 9.90 Å². The first-order valence-electron chi connectivity index (χ1n) is 11.2. The van der Waals surface area contributed by atoms with Crippen molar-refractivity contribution in [3.05, 3.63) is 60.2 Å². The summed E-state index contributed by atoms with van der Waals surface area (Å²) < 4.78 is 0. The van der Waals surface area contributed by atoms with Crippen molar-refractivity contribution < 1.29 is 9.90 Å². The van der Waals surface area contributed by atoms with Crippen molar-refractivity contribution in [1.29, 1.82) is 0 Å². The van der Waals surface area contributed by atoms with Gasteiger partial charge < -0.3 is 10.0 Å². The standard InChI is InChI=1S/C24H30N4O2/c29-17-24(14-18-4-2-1-3-5-18)15-20-6-7-22(24)28(20)19-8-12-27(13-9-19)23(30)21-16-25-10-11-26-21/h1-5,10-11,16,19-20,22,29H,6-9,12-15,17H2/t20-,22+,24-/m1/s1. The van der Waals surface area contributed by atoms with E-state index in [1.807, 2.05) is 4.90 Å². The van der Waals surface area contributed by atoms with Crippen molar-refractivity contribution in [3.8, 4) is 0 Å². The second-order valence-corrected chi connectivity index (χ2v) is 9.20. The predicted octanol–water partition coefficient (Wildman–Crippen LogP) is 2.54. The number of hydrogen-bond donors (Lipinski definition) is 1. The SMILES string of the molecule is O=C(c1cnccn1)N1CCC(N2[C@@H]3CC[C@H]2[C@](CO)(Cc2ccccc2)C3)CC1. The molecule has 1 N–H and O–H groups in total. The zero-order valence-corrected chi connectivity index (χ0v) is 17.4. The zero-order valence-electron chi connectivity index (χ0n) is 17.4. The first-order valence-corrected chi connectivity index (χ1v) is 11.2. The third kappa shape index (κ3) is 3.42. The fourth-order valence-corrected chi connectivity index (χ4v) is 6.25. The molecule has 30 heavy (non-hydrogen) atoms. The lowest BCUT2D eigenvalue weighted by atomic mass is 9.70. The van der Waals surface area contributed by atoms with E-state index in [0.29, 0.717) is 23.8 Å². The van der Waals surface area contributed by atoms with Crippen LogP contribution in [0.4, 0.5) is 0 Å². The number of aromatic nitrogens is 2. The normalized spacial score (nSPS) is 29.4. The van der Waals surface area contributed by atoms with E-state index < -0.39 is 0 Å². The van der Waals surface area contributed by atoms with Gasteiger partial charge in [0, 0.05) is 49.0 Å². The summed E-state index contributed by atoms with van der Waals surface area (Å²) in [5.74, 6) is -0.0141. The van der Waals surface area contributed by atoms with Gasteiger partial charge >= 0.3 is 0 Å². The number of carbonyl (C=O) groups is 1. The highest BCUT2D eigenvalue weighted by molar-refractivity contribution is 5.92. The molecule has 3 saturated heterocycles. The van der Waals surface area contributed by atoms with Crippen molar-refractivity contribution in [1.82, 2.24) is 19.8 Å². The molecule has 0 saturated carbocycles. The summed E-state index contributed by atoms with van der Waals surface area (Å²) in [5.41, 5.74) is 1.72. The molecule has 0 unspecified atom stereocenters. The van der Waals surface area contributed by atoms with E-state index in [1.165, 1.54) is 18.4 Å². The fraction of sp³-hybridized carbons (Fsp3) is 0.542. The van der Waals surface area contributed by atoms with Crippen LogP contribution in [0.25, 0.3) is 0 Å². The van der Waals surface area contributed by atoms with Crippen molar-refractivity contribution in [3.63, 3.8) is 0 Å². The van der Waals surface area contributed by atoms with E-state index in [0.717, 1.165) is 38.8 Å². The molecule has 158 valence electrons. The number of aliphatic hydroxyl groups excluding tert-OH is 1. The molecular weight excluding hydrogens is 376 g/mol. The lowest BCUT2D eigenvalue weighted by Gasteiger charge is -2.41. The summed E-state index contributed by atoms with van der Waals surface area (Å²) in [6.45, 7) is 1.78. The van der Waals surface area contributed by atoms with Gasteiger partial charge in [0.2, 0.25) is 0 Å². The maximum atomic E-state index is 12.7. The van der Waals surface area contributed by atoms with Gasteiger partial charge in [0.05, 0.1) is 12.8 Å². The molecule has 1 amide bonds. The molecule has 0 radical (unpaired) electrons. The smallest absolute Gasteiger partial charge is 0.274 e. The van der Waals surface area contributed by atoms with Crippen LogP contribution in [-0.4, -0.2) is 68.6 Å². The zero-order chi connectivity index (χ0) is 20.6. The Balaban J connectivity index is 1.26. The first-order chi connectivity index (χ1) is 14.7. The molecule has 3 aliphatic heterocycles. The Bertz CT molecular complexity index is 869. The molecule has 1 aromatic heterocycles. The monoisotopic (exact) mass is 406 g/mol. The molecular formula is C24H30N4O2. The molecule has 3 atom stereocenters. The summed E-state index contributed by atoms with van der Waals surface area (Å²) in [4.78, 5) is 25.5. The van der Waals surface area contributed by atoms with Crippen LogP contribution in [-0.2, 0) is 6.42 Å². The van der Waals surface area contributed by atoms with Crippen molar-refractivity contribution in [2.24, 2.45) is 5.41 Å². The van der Waals surface area contributed by atoms with Crippen LogP contribution in [0.15, 0.2) is 48.9 Å². The van der Waals surface area contributed by atoms with E-state index in [4.69, 9.17) is 0 Å². The third-order valence-electron chi connectivity index (χ3n) is 7.57. The number of hydrogen-bond acceptors (Lipinski definition) is 5. The second kappa shape index (κ2) is 8.08. The van der Waals surface area contributed by atoms with Crippen LogP contribution in [0.1, 0.15) is 48.2 Å². The predicted molar refractivity (Wildman–Crippen MR) is 114 cm³/mol. The Labute approximate surface area is 177 Å². The molecule has 2 bridgehead atoms. The minimum atomic E-state index is -0.0309. The van der Waals surface area contributed by atoms with E-state index >= 15 is 0 Å². The summed E-state index contributed by atoms with van der Waals surface area (Å²) in [6, 6.07) is 12.1. The number of benzene rings is 1. The molecule has 0 aliphatic carbocycles. The van der Waals surface area contributed by atoms with Gasteiger partial charge in [-0.1, -0.05) is 30.3 Å². The third-order valence-corrected chi connectivity index (χ3v) is 7.57. The van der Waals surface area contributed by atoms with Crippen LogP contribution in [0.5, 0.6) is 0 Å². The Hall–Kier alpha value is -2.31. The molecule has 0 spiro atoms. The van der Waals surface area contributed by atoms with Crippen LogP contribution < -0.4 is 0 Å². The van der Waals surface area contributed by atoms with Crippen LogP contribution >= 0.6 is 0 Å². The number of amides is 1. The lowest BCUT2D eigenvalue weighted by molar-refractivity contribution is 0.0414. The van der Waals surface area contributed by atoms with Gasteiger partial charge in [0.25, 0.3) is 5.91 Å².